The zero-order valence-electron chi connectivity index (χ0n) is 14.7. The summed E-state index contributed by atoms with van der Waals surface area (Å²) in [6, 6.07) is 7.83. The van der Waals surface area contributed by atoms with Gasteiger partial charge in [-0.05, 0) is 44.4 Å². The number of amides is 1. The minimum atomic E-state index is -0.621. The molecule has 0 saturated carbocycles. The molecule has 0 radical (unpaired) electrons. The van der Waals surface area contributed by atoms with Crippen molar-refractivity contribution in [2.75, 3.05) is 20.2 Å². The molecule has 1 aromatic carbocycles. The van der Waals surface area contributed by atoms with Crippen molar-refractivity contribution in [1.29, 1.82) is 0 Å². The molecule has 1 fully saturated rings. The highest BCUT2D eigenvalue weighted by Gasteiger charge is 2.39. The van der Waals surface area contributed by atoms with Gasteiger partial charge in [-0.25, -0.2) is 4.98 Å². The molecule has 5 heteroatoms. The van der Waals surface area contributed by atoms with Gasteiger partial charge in [0.05, 0.1) is 24.5 Å². The number of ether oxygens (including phenoxy) is 1. The Balaban J connectivity index is 1.96. The molecule has 1 atom stereocenters. The van der Waals surface area contributed by atoms with Crippen molar-refractivity contribution in [2.45, 2.75) is 38.6 Å². The lowest BCUT2D eigenvalue weighted by atomic mass is 9.80. The number of carbonyl (C=O) groups excluding carboxylic acids is 1. The van der Waals surface area contributed by atoms with Crippen molar-refractivity contribution in [3.8, 4) is 5.75 Å². The fourth-order valence-electron chi connectivity index (χ4n) is 3.43. The van der Waals surface area contributed by atoms with Gasteiger partial charge in [0.2, 0.25) is 5.91 Å². The second-order valence-corrected chi connectivity index (χ2v) is 6.75. The second kappa shape index (κ2) is 6.67. The Morgan fingerprint density at radius 3 is 2.46 bits per heavy atom. The lowest BCUT2D eigenvalue weighted by Crippen LogP contribution is -2.46. The van der Waals surface area contributed by atoms with Crippen LogP contribution in [0.2, 0.25) is 0 Å². The molecule has 1 amide bonds. The summed E-state index contributed by atoms with van der Waals surface area (Å²) in [4.78, 5) is 19.6. The molecule has 0 N–H and O–H groups in total. The van der Waals surface area contributed by atoms with Gasteiger partial charge >= 0.3 is 0 Å². The molecule has 1 aliphatic heterocycles. The van der Waals surface area contributed by atoms with E-state index in [1.165, 1.54) is 0 Å². The smallest absolute Gasteiger partial charge is 0.234 e. The molecule has 1 unspecified atom stereocenters. The van der Waals surface area contributed by atoms with E-state index in [1.807, 2.05) is 53.8 Å². The van der Waals surface area contributed by atoms with Gasteiger partial charge in [0.15, 0.2) is 0 Å². The van der Waals surface area contributed by atoms with Crippen molar-refractivity contribution in [3.05, 3.63) is 48.0 Å². The summed E-state index contributed by atoms with van der Waals surface area (Å²) in [5, 5.41) is 0. The molecule has 0 aliphatic carbocycles. The van der Waals surface area contributed by atoms with Gasteiger partial charge in [0.25, 0.3) is 0 Å². The summed E-state index contributed by atoms with van der Waals surface area (Å²) in [7, 11) is 1.65. The van der Waals surface area contributed by atoms with Crippen LogP contribution >= 0.6 is 0 Å². The van der Waals surface area contributed by atoms with Crippen LogP contribution in [0.3, 0.4) is 0 Å². The topological polar surface area (TPSA) is 47.4 Å². The summed E-state index contributed by atoms with van der Waals surface area (Å²) < 4.78 is 7.26. The molecule has 24 heavy (non-hydrogen) atoms. The number of benzene rings is 1. The first kappa shape index (κ1) is 16.6. The maximum absolute atomic E-state index is 13.3. The van der Waals surface area contributed by atoms with E-state index in [0.29, 0.717) is 6.54 Å². The highest BCUT2D eigenvalue weighted by molar-refractivity contribution is 5.88. The van der Waals surface area contributed by atoms with E-state index in [-0.39, 0.29) is 5.91 Å². The standard InChI is InChI=1S/C19H25N3O2/c1-15-12-21(14-20-15)13-19(2,18(23)22-10-4-5-11-22)16-6-8-17(24-3)9-7-16/h6-9,12,14H,4-5,10-11,13H2,1-3H3. The van der Waals surface area contributed by atoms with Crippen LogP contribution in [-0.2, 0) is 16.8 Å². The summed E-state index contributed by atoms with van der Waals surface area (Å²) in [5.74, 6) is 0.990. The summed E-state index contributed by atoms with van der Waals surface area (Å²) in [6.07, 6.45) is 5.97. The summed E-state index contributed by atoms with van der Waals surface area (Å²) in [6.45, 7) is 6.28. The third-order valence-electron chi connectivity index (χ3n) is 4.85. The molecular weight excluding hydrogens is 302 g/mol. The van der Waals surface area contributed by atoms with E-state index in [2.05, 4.69) is 4.98 Å². The Kier molecular flexibility index (Phi) is 4.60. The fourth-order valence-corrected chi connectivity index (χ4v) is 3.43. The van der Waals surface area contributed by atoms with Crippen molar-refractivity contribution < 1.29 is 9.53 Å². The predicted octanol–water partition coefficient (Wildman–Crippen LogP) is 2.78. The van der Waals surface area contributed by atoms with E-state index in [1.54, 1.807) is 13.4 Å². The van der Waals surface area contributed by atoms with Crippen LogP contribution in [0, 0.1) is 6.92 Å². The number of hydrogen-bond acceptors (Lipinski definition) is 3. The number of hydrogen-bond donors (Lipinski definition) is 0. The average Bonchev–Trinajstić information content (AvgIpc) is 3.26. The molecule has 0 spiro atoms. The monoisotopic (exact) mass is 327 g/mol. The highest BCUT2D eigenvalue weighted by Crippen LogP contribution is 2.31. The minimum absolute atomic E-state index is 0.191. The van der Waals surface area contributed by atoms with Crippen LogP contribution in [-0.4, -0.2) is 40.6 Å². The van der Waals surface area contributed by atoms with Gasteiger partial charge in [-0.3, -0.25) is 4.79 Å². The normalized spacial score (nSPS) is 16.9. The third-order valence-corrected chi connectivity index (χ3v) is 4.85. The van der Waals surface area contributed by atoms with E-state index >= 15 is 0 Å². The first-order valence-electron chi connectivity index (χ1n) is 8.45. The number of rotatable bonds is 5. The lowest BCUT2D eigenvalue weighted by molar-refractivity contribution is -0.136. The molecule has 1 saturated heterocycles. The molecular formula is C19H25N3O2. The van der Waals surface area contributed by atoms with Crippen LogP contribution in [0.1, 0.15) is 31.0 Å². The highest BCUT2D eigenvalue weighted by atomic mass is 16.5. The molecule has 2 aromatic rings. The lowest BCUT2D eigenvalue weighted by Gasteiger charge is -2.33. The van der Waals surface area contributed by atoms with Crippen LogP contribution in [0.4, 0.5) is 0 Å². The first-order chi connectivity index (χ1) is 11.5. The average molecular weight is 327 g/mol. The number of likely N-dealkylation sites (tertiary alicyclic amines) is 1. The molecule has 1 aliphatic rings. The predicted molar refractivity (Wildman–Crippen MR) is 93.1 cm³/mol. The summed E-state index contributed by atoms with van der Waals surface area (Å²) >= 11 is 0. The number of nitrogens with zero attached hydrogens (tertiary/aromatic N) is 3. The Labute approximate surface area is 143 Å². The molecule has 3 rings (SSSR count). The molecule has 128 valence electrons. The van der Waals surface area contributed by atoms with E-state index in [0.717, 1.165) is 42.9 Å². The summed E-state index contributed by atoms with van der Waals surface area (Å²) in [5.41, 5.74) is 1.34. The third kappa shape index (κ3) is 3.16. The maximum Gasteiger partial charge on any atom is 0.234 e. The van der Waals surface area contributed by atoms with Crippen molar-refractivity contribution >= 4 is 5.91 Å². The molecule has 1 aromatic heterocycles. The van der Waals surface area contributed by atoms with E-state index in [4.69, 9.17) is 4.74 Å². The van der Waals surface area contributed by atoms with Gasteiger partial charge < -0.3 is 14.2 Å². The zero-order chi connectivity index (χ0) is 17.2. The Bertz CT molecular complexity index is 702. The van der Waals surface area contributed by atoms with Gasteiger partial charge in [0, 0.05) is 25.8 Å². The molecule has 2 heterocycles. The van der Waals surface area contributed by atoms with Crippen LogP contribution in [0.15, 0.2) is 36.8 Å². The van der Waals surface area contributed by atoms with Gasteiger partial charge in [-0.15, -0.1) is 0 Å². The van der Waals surface area contributed by atoms with Crippen molar-refractivity contribution in [2.24, 2.45) is 0 Å². The van der Waals surface area contributed by atoms with Crippen LogP contribution in [0.5, 0.6) is 5.75 Å². The van der Waals surface area contributed by atoms with Crippen LogP contribution < -0.4 is 4.74 Å². The van der Waals surface area contributed by atoms with Crippen molar-refractivity contribution in [1.82, 2.24) is 14.5 Å². The van der Waals surface area contributed by atoms with Gasteiger partial charge in [-0.2, -0.15) is 0 Å². The molecule has 0 bridgehead atoms. The van der Waals surface area contributed by atoms with Gasteiger partial charge in [-0.1, -0.05) is 12.1 Å². The number of aryl methyl sites for hydroxylation is 1. The van der Waals surface area contributed by atoms with Crippen LogP contribution in [0.25, 0.3) is 0 Å². The number of imidazole rings is 1. The first-order valence-corrected chi connectivity index (χ1v) is 8.45. The van der Waals surface area contributed by atoms with Crippen molar-refractivity contribution in [3.63, 3.8) is 0 Å². The number of carbonyl (C=O) groups is 1. The van der Waals surface area contributed by atoms with E-state index < -0.39 is 5.41 Å². The van der Waals surface area contributed by atoms with E-state index in [9.17, 15) is 4.79 Å². The van der Waals surface area contributed by atoms with Gasteiger partial charge in [0.1, 0.15) is 5.75 Å². The maximum atomic E-state index is 13.3. The SMILES string of the molecule is COc1ccc(C(C)(Cn2cnc(C)c2)C(=O)N2CCCC2)cc1. The Morgan fingerprint density at radius 2 is 1.92 bits per heavy atom. The number of aromatic nitrogens is 2. The zero-order valence-corrected chi connectivity index (χ0v) is 14.7. The molecule has 5 nitrogen and oxygen atoms in total. The quantitative estimate of drug-likeness (QED) is 0.848. The number of methoxy groups -OCH3 is 1. The Hall–Kier alpha value is -2.30. The fraction of sp³-hybridized carbons (Fsp3) is 0.474. The second-order valence-electron chi connectivity index (χ2n) is 6.75. The largest absolute Gasteiger partial charge is 0.497 e. The minimum Gasteiger partial charge on any atom is -0.497 e. The Morgan fingerprint density at radius 1 is 1.25 bits per heavy atom.